The Labute approximate surface area is 179 Å². The highest BCUT2D eigenvalue weighted by Crippen LogP contribution is 2.37. The van der Waals surface area contributed by atoms with Gasteiger partial charge >= 0.3 is 5.97 Å². The Morgan fingerprint density at radius 1 is 1.25 bits per heavy atom. The molecule has 0 bridgehead atoms. The first-order chi connectivity index (χ1) is 13.4. The minimum Gasteiger partial charge on any atom is -0.493 e. The summed E-state index contributed by atoms with van der Waals surface area (Å²) >= 11 is 9.96. The topological polar surface area (TPSA) is 76.1 Å². The van der Waals surface area contributed by atoms with Crippen molar-refractivity contribution in [1.29, 1.82) is 0 Å². The molecule has 6 nitrogen and oxygen atoms in total. The predicted molar refractivity (Wildman–Crippen MR) is 116 cm³/mol. The number of halogens is 1. The number of ether oxygens (including phenoxy) is 2. The Morgan fingerprint density at radius 3 is 2.61 bits per heavy atom. The number of thiocarbonyl (C=S) groups is 1. The van der Waals surface area contributed by atoms with Crippen molar-refractivity contribution in [3.8, 4) is 11.5 Å². The molecule has 1 aliphatic heterocycles. The molecule has 1 aliphatic rings. The van der Waals surface area contributed by atoms with Gasteiger partial charge in [0, 0.05) is 4.47 Å². The Balaban J connectivity index is 1.85. The molecule has 3 rings (SSSR count). The number of aliphatic carboxylic acids is 1. The zero-order chi connectivity index (χ0) is 20.3. The number of anilines is 1. The monoisotopic (exact) mass is 479 g/mol. The molecule has 0 saturated carbocycles. The third-order valence-corrected chi connectivity index (χ3v) is 5.55. The molecule has 9 heteroatoms. The summed E-state index contributed by atoms with van der Waals surface area (Å²) < 4.78 is 11.8. The molecular formula is C19H14BrNO5S2. The molecule has 28 heavy (non-hydrogen) atoms. The molecule has 1 heterocycles. The number of carboxylic acid groups (broad SMARTS) is 1. The minimum atomic E-state index is -1.08. The van der Waals surface area contributed by atoms with Crippen LogP contribution >= 0.6 is 39.9 Å². The van der Waals surface area contributed by atoms with E-state index in [1.54, 1.807) is 24.3 Å². The maximum Gasteiger partial charge on any atom is 0.341 e. The number of rotatable bonds is 6. The Kier molecular flexibility index (Phi) is 6.38. The van der Waals surface area contributed by atoms with E-state index < -0.39 is 12.6 Å². The summed E-state index contributed by atoms with van der Waals surface area (Å²) in [6.45, 7) is -0.471. The number of carbonyl (C=O) groups is 2. The zero-order valence-electron chi connectivity index (χ0n) is 14.5. The summed E-state index contributed by atoms with van der Waals surface area (Å²) in [5, 5.41) is 8.74. The zero-order valence-corrected chi connectivity index (χ0v) is 17.8. The van der Waals surface area contributed by atoms with Crippen molar-refractivity contribution in [3.63, 3.8) is 0 Å². The highest BCUT2D eigenvalue weighted by Gasteiger charge is 2.33. The van der Waals surface area contributed by atoms with Gasteiger partial charge in [-0.15, -0.1) is 0 Å². The van der Waals surface area contributed by atoms with Gasteiger partial charge in [0.15, 0.2) is 22.4 Å². The molecule has 1 amide bonds. The van der Waals surface area contributed by atoms with Crippen LogP contribution in [0.15, 0.2) is 51.8 Å². The summed E-state index contributed by atoms with van der Waals surface area (Å²) in [5.41, 5.74) is 1.40. The molecule has 0 atom stereocenters. The van der Waals surface area contributed by atoms with E-state index in [4.69, 9.17) is 26.8 Å². The maximum absolute atomic E-state index is 12.8. The lowest BCUT2D eigenvalue weighted by molar-refractivity contribution is -0.139. The van der Waals surface area contributed by atoms with Crippen LogP contribution in [0, 0.1) is 0 Å². The molecule has 0 radical (unpaired) electrons. The molecule has 144 valence electrons. The molecular weight excluding hydrogens is 466 g/mol. The lowest BCUT2D eigenvalue weighted by Crippen LogP contribution is -2.27. The van der Waals surface area contributed by atoms with E-state index in [-0.39, 0.29) is 5.91 Å². The van der Waals surface area contributed by atoms with E-state index in [2.05, 4.69) is 15.9 Å². The standard InChI is InChI=1S/C19H14BrNO5S2/c1-25-15-8-11(2-7-14(15)26-10-17(22)23)9-16-18(24)21(19(27)28-16)13-5-3-12(20)4-6-13/h2-9H,10H2,1H3,(H,22,23)/b16-9+. The first kappa shape index (κ1) is 20.4. The number of hydrogen-bond acceptors (Lipinski definition) is 6. The minimum absolute atomic E-state index is 0.206. The summed E-state index contributed by atoms with van der Waals surface area (Å²) in [7, 11) is 1.46. The molecule has 1 N–H and O–H groups in total. The van der Waals surface area contributed by atoms with Crippen molar-refractivity contribution < 1.29 is 24.2 Å². The molecule has 0 unspecified atom stereocenters. The number of amides is 1. The van der Waals surface area contributed by atoms with Gasteiger partial charge in [0.2, 0.25) is 0 Å². The van der Waals surface area contributed by atoms with Crippen LogP contribution in [0.1, 0.15) is 5.56 Å². The fourth-order valence-electron chi connectivity index (χ4n) is 2.46. The number of methoxy groups -OCH3 is 1. The van der Waals surface area contributed by atoms with E-state index in [0.29, 0.717) is 32.0 Å². The van der Waals surface area contributed by atoms with Gasteiger partial charge in [-0.3, -0.25) is 9.69 Å². The summed E-state index contributed by atoms with van der Waals surface area (Å²) in [5.74, 6) is -0.604. The quantitative estimate of drug-likeness (QED) is 0.487. The number of hydrogen-bond donors (Lipinski definition) is 1. The third-order valence-electron chi connectivity index (χ3n) is 3.72. The first-order valence-electron chi connectivity index (χ1n) is 7.95. The molecule has 2 aromatic rings. The van der Waals surface area contributed by atoms with Gasteiger partial charge in [-0.1, -0.05) is 46.0 Å². The van der Waals surface area contributed by atoms with Gasteiger partial charge < -0.3 is 14.6 Å². The van der Waals surface area contributed by atoms with Crippen LogP contribution in [-0.2, 0) is 9.59 Å². The van der Waals surface area contributed by atoms with E-state index >= 15 is 0 Å². The van der Waals surface area contributed by atoms with Crippen LogP contribution in [0.5, 0.6) is 11.5 Å². The van der Waals surface area contributed by atoms with Crippen LogP contribution in [-0.4, -0.2) is 35.0 Å². The number of carbonyl (C=O) groups excluding carboxylic acids is 1. The second-order valence-electron chi connectivity index (χ2n) is 5.59. The Morgan fingerprint density at radius 2 is 1.96 bits per heavy atom. The lowest BCUT2D eigenvalue weighted by Gasteiger charge is -2.14. The van der Waals surface area contributed by atoms with Crippen LogP contribution in [0.25, 0.3) is 6.08 Å². The van der Waals surface area contributed by atoms with E-state index in [9.17, 15) is 9.59 Å². The smallest absolute Gasteiger partial charge is 0.341 e. The van der Waals surface area contributed by atoms with Crippen LogP contribution < -0.4 is 14.4 Å². The lowest BCUT2D eigenvalue weighted by atomic mass is 10.2. The third kappa shape index (κ3) is 4.54. The number of thioether (sulfide) groups is 1. The second kappa shape index (κ2) is 8.76. The predicted octanol–water partition coefficient (Wildman–Crippen LogP) is 4.33. The van der Waals surface area contributed by atoms with Crippen molar-refractivity contribution in [2.75, 3.05) is 18.6 Å². The summed E-state index contributed by atoms with van der Waals surface area (Å²) in [6.07, 6.45) is 1.71. The molecule has 1 fully saturated rings. The summed E-state index contributed by atoms with van der Waals surface area (Å²) in [4.78, 5) is 25.5. The van der Waals surface area contributed by atoms with Crippen molar-refractivity contribution >= 4 is 67.9 Å². The van der Waals surface area contributed by atoms with Gasteiger partial charge in [-0.05, 0) is 48.0 Å². The van der Waals surface area contributed by atoms with Crippen molar-refractivity contribution in [2.45, 2.75) is 0 Å². The Bertz CT molecular complexity index is 975. The molecule has 0 aliphatic carbocycles. The van der Waals surface area contributed by atoms with Gasteiger partial charge in [-0.25, -0.2) is 4.79 Å². The molecule has 0 aromatic heterocycles. The van der Waals surface area contributed by atoms with Gasteiger partial charge in [0.1, 0.15) is 0 Å². The molecule has 0 spiro atoms. The average molecular weight is 480 g/mol. The number of carboxylic acids is 1. The highest BCUT2D eigenvalue weighted by atomic mass is 79.9. The van der Waals surface area contributed by atoms with E-state index in [1.807, 2.05) is 24.3 Å². The molecule has 2 aromatic carbocycles. The fourth-order valence-corrected chi connectivity index (χ4v) is 4.03. The fraction of sp³-hybridized carbons (Fsp3) is 0.105. The van der Waals surface area contributed by atoms with Gasteiger partial charge in [-0.2, -0.15) is 0 Å². The number of nitrogens with zero attached hydrogens (tertiary/aromatic N) is 1. The van der Waals surface area contributed by atoms with Crippen LogP contribution in [0.2, 0.25) is 0 Å². The van der Waals surface area contributed by atoms with Gasteiger partial charge in [0.05, 0.1) is 17.7 Å². The largest absolute Gasteiger partial charge is 0.493 e. The van der Waals surface area contributed by atoms with Crippen LogP contribution in [0.3, 0.4) is 0 Å². The number of benzene rings is 2. The average Bonchev–Trinajstić information content (AvgIpc) is 2.94. The van der Waals surface area contributed by atoms with Gasteiger partial charge in [0.25, 0.3) is 5.91 Å². The van der Waals surface area contributed by atoms with E-state index in [1.165, 1.54) is 23.8 Å². The van der Waals surface area contributed by atoms with E-state index in [0.717, 1.165) is 4.47 Å². The maximum atomic E-state index is 12.8. The van der Waals surface area contributed by atoms with Crippen molar-refractivity contribution in [2.24, 2.45) is 0 Å². The van der Waals surface area contributed by atoms with Crippen molar-refractivity contribution in [3.05, 3.63) is 57.4 Å². The van der Waals surface area contributed by atoms with Crippen molar-refractivity contribution in [1.82, 2.24) is 0 Å². The SMILES string of the molecule is COc1cc(/C=C2/SC(=S)N(c3ccc(Br)cc3)C2=O)ccc1OCC(=O)O. The first-order valence-corrected chi connectivity index (χ1v) is 9.97. The highest BCUT2D eigenvalue weighted by molar-refractivity contribution is 9.10. The normalized spacial score (nSPS) is 15.2. The summed E-state index contributed by atoms with van der Waals surface area (Å²) in [6, 6.07) is 12.3. The Hall–Kier alpha value is -2.36. The molecule has 1 saturated heterocycles. The van der Waals surface area contributed by atoms with Crippen LogP contribution in [0.4, 0.5) is 5.69 Å². The second-order valence-corrected chi connectivity index (χ2v) is 8.18.